The van der Waals surface area contributed by atoms with E-state index >= 15 is 0 Å². The number of carbonyl (C=O) groups is 2. The number of carbonyl (C=O) groups excluding carboxylic acids is 2. The number of hydrogen-bond donors (Lipinski definition) is 1. The quantitative estimate of drug-likeness (QED) is 0.809. The van der Waals surface area contributed by atoms with E-state index in [0.29, 0.717) is 37.7 Å². The van der Waals surface area contributed by atoms with Gasteiger partial charge in [-0.1, -0.05) is 5.16 Å². The molecule has 1 N–H and O–H groups in total. The Balaban J connectivity index is 1.65. The highest BCUT2D eigenvalue weighted by molar-refractivity contribution is 5.90. The van der Waals surface area contributed by atoms with Crippen LogP contribution < -0.4 is 5.32 Å². The summed E-state index contributed by atoms with van der Waals surface area (Å²) >= 11 is 0. The molecule has 7 nitrogen and oxygen atoms in total. The van der Waals surface area contributed by atoms with Gasteiger partial charge < -0.3 is 14.7 Å². The highest BCUT2D eigenvalue weighted by Gasteiger charge is 2.40. The average molecular weight is 264 g/mol. The molecule has 1 unspecified atom stereocenters. The van der Waals surface area contributed by atoms with Crippen LogP contribution in [0.25, 0.3) is 0 Å². The monoisotopic (exact) mass is 264 g/mol. The summed E-state index contributed by atoms with van der Waals surface area (Å²) in [6.45, 7) is 0.973. The maximum atomic E-state index is 12.4. The molecular weight excluding hydrogens is 248 g/mol. The highest BCUT2D eigenvalue weighted by Crippen LogP contribution is 2.34. The molecule has 1 atom stereocenters. The van der Waals surface area contributed by atoms with Crippen LogP contribution in [0.15, 0.2) is 10.9 Å². The molecule has 0 radical (unpaired) electrons. The molecule has 1 aliphatic carbocycles. The van der Waals surface area contributed by atoms with Crippen molar-refractivity contribution >= 4 is 11.8 Å². The molecule has 1 aliphatic heterocycles. The molecule has 102 valence electrons. The van der Waals surface area contributed by atoms with E-state index < -0.39 is 0 Å². The van der Waals surface area contributed by atoms with Crippen molar-refractivity contribution in [2.24, 2.45) is 5.92 Å². The second-order valence-corrected chi connectivity index (χ2v) is 5.04. The van der Waals surface area contributed by atoms with Gasteiger partial charge in [0.1, 0.15) is 6.04 Å². The van der Waals surface area contributed by atoms with Gasteiger partial charge >= 0.3 is 0 Å². The van der Waals surface area contributed by atoms with E-state index in [-0.39, 0.29) is 17.9 Å². The van der Waals surface area contributed by atoms with Crippen molar-refractivity contribution in [3.8, 4) is 0 Å². The zero-order chi connectivity index (χ0) is 13.2. The van der Waals surface area contributed by atoms with Crippen LogP contribution in [0.5, 0.6) is 0 Å². The highest BCUT2D eigenvalue weighted by atomic mass is 16.5. The Kier molecular flexibility index (Phi) is 3.18. The van der Waals surface area contributed by atoms with Gasteiger partial charge in [-0.05, 0) is 18.8 Å². The Bertz CT molecular complexity index is 469. The molecule has 1 saturated heterocycles. The SMILES string of the molecule is O=C1CCN(CCc2ncno2)C(=O)C(C2CC2)N1. The molecule has 7 heteroatoms. The second-order valence-electron chi connectivity index (χ2n) is 5.04. The van der Waals surface area contributed by atoms with Gasteiger partial charge in [0.2, 0.25) is 17.7 Å². The maximum Gasteiger partial charge on any atom is 0.245 e. The van der Waals surface area contributed by atoms with Crippen LogP contribution in [0.3, 0.4) is 0 Å². The van der Waals surface area contributed by atoms with Crippen LogP contribution in [-0.4, -0.2) is 46.0 Å². The molecule has 2 amide bonds. The minimum atomic E-state index is -0.335. The minimum absolute atomic E-state index is 0.0212. The normalized spacial score (nSPS) is 24.2. The predicted molar refractivity (Wildman–Crippen MR) is 63.9 cm³/mol. The third kappa shape index (κ3) is 2.74. The van der Waals surface area contributed by atoms with Crippen LogP contribution >= 0.6 is 0 Å². The van der Waals surface area contributed by atoms with E-state index in [0.717, 1.165) is 12.8 Å². The molecule has 0 bridgehead atoms. The van der Waals surface area contributed by atoms with Crippen molar-refractivity contribution in [1.29, 1.82) is 0 Å². The lowest BCUT2D eigenvalue weighted by Gasteiger charge is -2.23. The summed E-state index contributed by atoms with van der Waals surface area (Å²) in [5.41, 5.74) is 0. The number of hydrogen-bond acceptors (Lipinski definition) is 5. The van der Waals surface area contributed by atoms with Gasteiger partial charge in [0.15, 0.2) is 6.33 Å². The first-order valence-electron chi connectivity index (χ1n) is 6.58. The molecule has 2 heterocycles. The van der Waals surface area contributed by atoms with E-state index in [2.05, 4.69) is 15.5 Å². The molecule has 2 fully saturated rings. The summed E-state index contributed by atoms with van der Waals surface area (Å²) < 4.78 is 4.92. The zero-order valence-electron chi connectivity index (χ0n) is 10.5. The van der Waals surface area contributed by atoms with Gasteiger partial charge in [-0.15, -0.1) is 0 Å². The Morgan fingerprint density at radius 1 is 1.42 bits per heavy atom. The molecule has 2 aliphatic rings. The smallest absolute Gasteiger partial charge is 0.245 e. The lowest BCUT2D eigenvalue weighted by atomic mass is 10.1. The summed E-state index contributed by atoms with van der Waals surface area (Å²) in [6.07, 6.45) is 4.27. The first-order chi connectivity index (χ1) is 9.24. The van der Waals surface area contributed by atoms with E-state index in [1.165, 1.54) is 6.33 Å². The molecular formula is C12H16N4O3. The van der Waals surface area contributed by atoms with Crippen LogP contribution in [0, 0.1) is 5.92 Å². The molecule has 1 aromatic heterocycles. The standard InChI is InChI=1S/C12H16N4O3/c17-9-3-5-16(6-4-10-13-7-14-19-10)12(18)11(15-9)8-1-2-8/h7-8,11H,1-6H2,(H,15,17). The Labute approximate surface area is 110 Å². The van der Waals surface area contributed by atoms with Crippen molar-refractivity contribution in [3.05, 3.63) is 12.2 Å². The van der Waals surface area contributed by atoms with Crippen molar-refractivity contribution in [1.82, 2.24) is 20.4 Å². The van der Waals surface area contributed by atoms with Crippen molar-refractivity contribution in [2.75, 3.05) is 13.1 Å². The predicted octanol–water partition coefficient (Wildman–Crippen LogP) is -0.261. The lowest BCUT2D eigenvalue weighted by Crippen LogP contribution is -2.46. The van der Waals surface area contributed by atoms with Gasteiger partial charge in [-0.3, -0.25) is 9.59 Å². The number of amides is 2. The lowest BCUT2D eigenvalue weighted by molar-refractivity contribution is -0.134. The van der Waals surface area contributed by atoms with Gasteiger partial charge in [0.05, 0.1) is 0 Å². The second kappa shape index (κ2) is 4.99. The number of nitrogens with one attached hydrogen (secondary N) is 1. The fourth-order valence-electron chi connectivity index (χ4n) is 2.36. The van der Waals surface area contributed by atoms with E-state index in [9.17, 15) is 9.59 Å². The van der Waals surface area contributed by atoms with E-state index in [1.807, 2.05) is 0 Å². The summed E-state index contributed by atoms with van der Waals surface area (Å²) in [7, 11) is 0. The Morgan fingerprint density at radius 3 is 2.95 bits per heavy atom. The summed E-state index contributed by atoms with van der Waals surface area (Å²) in [5, 5.41) is 6.36. The largest absolute Gasteiger partial charge is 0.344 e. The average Bonchev–Trinajstić information content (AvgIpc) is 3.13. The third-order valence-electron chi connectivity index (χ3n) is 3.60. The number of rotatable bonds is 4. The van der Waals surface area contributed by atoms with Gasteiger partial charge in [-0.2, -0.15) is 4.98 Å². The van der Waals surface area contributed by atoms with Crippen molar-refractivity contribution < 1.29 is 14.1 Å². The Hall–Kier alpha value is -1.92. The Morgan fingerprint density at radius 2 is 2.26 bits per heavy atom. The van der Waals surface area contributed by atoms with Crippen molar-refractivity contribution in [3.63, 3.8) is 0 Å². The molecule has 1 saturated carbocycles. The van der Waals surface area contributed by atoms with Crippen LogP contribution in [0.1, 0.15) is 25.2 Å². The van der Waals surface area contributed by atoms with E-state index in [1.54, 1.807) is 4.90 Å². The molecule has 0 aromatic carbocycles. The fraction of sp³-hybridized carbons (Fsp3) is 0.667. The maximum absolute atomic E-state index is 12.4. The van der Waals surface area contributed by atoms with Crippen LogP contribution in [0.2, 0.25) is 0 Å². The summed E-state index contributed by atoms with van der Waals surface area (Å²) in [5.74, 6) is 0.818. The summed E-state index contributed by atoms with van der Waals surface area (Å²) in [6, 6.07) is -0.335. The first-order valence-corrected chi connectivity index (χ1v) is 6.58. The first kappa shape index (κ1) is 12.1. The van der Waals surface area contributed by atoms with Gasteiger partial charge in [0, 0.05) is 25.9 Å². The van der Waals surface area contributed by atoms with Crippen LogP contribution in [0.4, 0.5) is 0 Å². The molecule has 19 heavy (non-hydrogen) atoms. The van der Waals surface area contributed by atoms with Gasteiger partial charge in [0.25, 0.3) is 0 Å². The number of aromatic nitrogens is 2. The molecule has 0 spiro atoms. The summed E-state index contributed by atoms with van der Waals surface area (Å²) in [4.78, 5) is 29.7. The van der Waals surface area contributed by atoms with E-state index in [4.69, 9.17) is 4.52 Å². The fourth-order valence-corrected chi connectivity index (χ4v) is 2.36. The van der Waals surface area contributed by atoms with Gasteiger partial charge in [-0.25, -0.2) is 0 Å². The molecule has 3 rings (SSSR count). The van der Waals surface area contributed by atoms with Crippen molar-refractivity contribution in [2.45, 2.75) is 31.7 Å². The minimum Gasteiger partial charge on any atom is -0.344 e. The topological polar surface area (TPSA) is 88.3 Å². The number of nitrogens with zero attached hydrogens (tertiary/aromatic N) is 3. The van der Waals surface area contributed by atoms with Crippen LogP contribution in [-0.2, 0) is 16.0 Å². The zero-order valence-corrected chi connectivity index (χ0v) is 10.5. The third-order valence-corrected chi connectivity index (χ3v) is 3.60. The molecule has 1 aromatic rings.